The molecule has 0 saturated carbocycles. The van der Waals surface area contributed by atoms with Crippen molar-refractivity contribution in [2.75, 3.05) is 19.7 Å². The minimum Gasteiger partial charge on any atom is -0.465 e. The number of carbonyl (C=O) groups is 2. The molecule has 0 radical (unpaired) electrons. The van der Waals surface area contributed by atoms with E-state index in [9.17, 15) is 9.59 Å². The van der Waals surface area contributed by atoms with Gasteiger partial charge < -0.3 is 10.1 Å². The molecule has 0 aliphatic carbocycles. The highest BCUT2D eigenvalue weighted by atomic mass is 16.5. The highest BCUT2D eigenvalue weighted by Crippen LogP contribution is 2.22. The number of esters is 1. The van der Waals surface area contributed by atoms with Crippen molar-refractivity contribution in [2.45, 2.75) is 45.7 Å². The van der Waals surface area contributed by atoms with Crippen molar-refractivity contribution >= 4 is 11.9 Å². The Balaban J connectivity index is 2.87. The third-order valence-corrected chi connectivity index (χ3v) is 3.23. The highest BCUT2D eigenvalue weighted by Gasteiger charge is 2.43. The SMILES string of the molecule is CCOC(=O)C(CC)N1CCNC(=O)C1(C)C. The van der Waals surface area contributed by atoms with Gasteiger partial charge in [0.25, 0.3) is 0 Å². The predicted molar refractivity (Wildman–Crippen MR) is 64.5 cm³/mol. The Morgan fingerprint density at radius 2 is 2.18 bits per heavy atom. The normalized spacial score (nSPS) is 21.8. The lowest BCUT2D eigenvalue weighted by Crippen LogP contribution is -2.65. The third kappa shape index (κ3) is 2.77. The molecule has 0 spiro atoms. The van der Waals surface area contributed by atoms with Crippen LogP contribution in [-0.2, 0) is 14.3 Å². The lowest BCUT2D eigenvalue weighted by molar-refractivity contribution is -0.156. The second-order valence-corrected chi connectivity index (χ2v) is 4.68. The van der Waals surface area contributed by atoms with E-state index in [-0.39, 0.29) is 17.9 Å². The molecule has 0 bridgehead atoms. The number of ether oxygens (including phenoxy) is 1. The molecule has 5 heteroatoms. The van der Waals surface area contributed by atoms with Gasteiger partial charge in [0.1, 0.15) is 6.04 Å². The van der Waals surface area contributed by atoms with E-state index >= 15 is 0 Å². The van der Waals surface area contributed by atoms with E-state index in [2.05, 4.69) is 5.32 Å². The summed E-state index contributed by atoms with van der Waals surface area (Å²) in [5.41, 5.74) is -0.661. The van der Waals surface area contributed by atoms with Gasteiger partial charge in [0.2, 0.25) is 5.91 Å². The summed E-state index contributed by atoms with van der Waals surface area (Å²) >= 11 is 0. The van der Waals surface area contributed by atoms with Gasteiger partial charge in [-0.3, -0.25) is 14.5 Å². The fourth-order valence-corrected chi connectivity index (χ4v) is 2.21. The minimum atomic E-state index is -0.661. The molecule has 17 heavy (non-hydrogen) atoms. The molecule has 98 valence electrons. The second kappa shape index (κ2) is 5.49. The first-order valence-electron chi connectivity index (χ1n) is 6.16. The maximum Gasteiger partial charge on any atom is 0.323 e. The van der Waals surface area contributed by atoms with Crippen LogP contribution in [0.4, 0.5) is 0 Å². The van der Waals surface area contributed by atoms with Crippen molar-refractivity contribution in [1.29, 1.82) is 0 Å². The Bertz CT molecular complexity index is 302. The van der Waals surface area contributed by atoms with Gasteiger partial charge in [-0.25, -0.2) is 0 Å². The number of nitrogens with one attached hydrogen (secondary N) is 1. The quantitative estimate of drug-likeness (QED) is 0.731. The van der Waals surface area contributed by atoms with E-state index < -0.39 is 5.54 Å². The Kier molecular flexibility index (Phi) is 4.51. The molecular formula is C12H22N2O3. The fraction of sp³-hybridized carbons (Fsp3) is 0.833. The predicted octanol–water partition coefficient (Wildman–Crippen LogP) is 0.539. The zero-order valence-corrected chi connectivity index (χ0v) is 11.1. The van der Waals surface area contributed by atoms with Crippen LogP contribution in [0, 0.1) is 0 Å². The second-order valence-electron chi connectivity index (χ2n) is 4.68. The molecule has 0 aromatic rings. The van der Waals surface area contributed by atoms with Gasteiger partial charge in [-0.1, -0.05) is 6.92 Å². The lowest BCUT2D eigenvalue weighted by atomic mass is 9.95. The van der Waals surface area contributed by atoms with Crippen molar-refractivity contribution in [2.24, 2.45) is 0 Å². The molecule has 1 aliphatic heterocycles. The van der Waals surface area contributed by atoms with E-state index in [1.165, 1.54) is 0 Å². The van der Waals surface area contributed by atoms with Gasteiger partial charge >= 0.3 is 5.97 Å². The maximum absolute atomic E-state index is 11.9. The van der Waals surface area contributed by atoms with Gasteiger partial charge in [-0.15, -0.1) is 0 Å². The van der Waals surface area contributed by atoms with E-state index in [1.54, 1.807) is 6.92 Å². The van der Waals surface area contributed by atoms with E-state index in [0.29, 0.717) is 26.1 Å². The molecule has 1 fully saturated rings. The van der Waals surface area contributed by atoms with Gasteiger partial charge in [0.15, 0.2) is 0 Å². The molecule has 1 unspecified atom stereocenters. The van der Waals surface area contributed by atoms with E-state index in [4.69, 9.17) is 4.74 Å². The third-order valence-electron chi connectivity index (χ3n) is 3.23. The molecule has 1 aliphatic rings. The summed E-state index contributed by atoms with van der Waals surface area (Å²) in [5.74, 6) is -0.274. The molecule has 1 N–H and O–H groups in total. The van der Waals surface area contributed by atoms with E-state index in [1.807, 2.05) is 25.7 Å². The van der Waals surface area contributed by atoms with Crippen LogP contribution in [-0.4, -0.2) is 48.1 Å². The summed E-state index contributed by atoms with van der Waals surface area (Å²) in [5, 5.41) is 2.82. The summed E-state index contributed by atoms with van der Waals surface area (Å²) in [6, 6.07) is -0.337. The first-order chi connectivity index (χ1) is 7.95. The van der Waals surface area contributed by atoms with Crippen LogP contribution in [0.25, 0.3) is 0 Å². The van der Waals surface area contributed by atoms with Crippen LogP contribution in [0.3, 0.4) is 0 Å². The average Bonchev–Trinajstić information content (AvgIpc) is 2.26. The molecule has 0 aromatic carbocycles. The minimum absolute atomic E-state index is 0.0356. The number of rotatable bonds is 4. The summed E-state index contributed by atoms with van der Waals surface area (Å²) in [7, 11) is 0. The van der Waals surface area contributed by atoms with Crippen molar-refractivity contribution < 1.29 is 14.3 Å². The molecule has 1 amide bonds. The summed E-state index contributed by atoms with van der Waals surface area (Å²) < 4.78 is 5.06. The van der Waals surface area contributed by atoms with E-state index in [0.717, 1.165) is 0 Å². The first-order valence-corrected chi connectivity index (χ1v) is 6.16. The van der Waals surface area contributed by atoms with Crippen LogP contribution in [0.2, 0.25) is 0 Å². The highest BCUT2D eigenvalue weighted by molar-refractivity contribution is 5.87. The Morgan fingerprint density at radius 1 is 1.53 bits per heavy atom. The average molecular weight is 242 g/mol. The molecule has 1 rings (SSSR count). The van der Waals surface area contributed by atoms with Crippen LogP contribution < -0.4 is 5.32 Å². The molecule has 1 atom stereocenters. The van der Waals surface area contributed by atoms with Crippen molar-refractivity contribution in [1.82, 2.24) is 10.2 Å². The molecule has 1 saturated heterocycles. The van der Waals surface area contributed by atoms with Crippen molar-refractivity contribution in [3.63, 3.8) is 0 Å². The first kappa shape index (κ1) is 14.0. The maximum atomic E-state index is 11.9. The van der Waals surface area contributed by atoms with Crippen molar-refractivity contribution in [3.8, 4) is 0 Å². The Labute approximate surface area is 102 Å². The Morgan fingerprint density at radius 3 is 2.71 bits per heavy atom. The summed E-state index contributed by atoms with van der Waals surface area (Å²) in [6.07, 6.45) is 0.648. The lowest BCUT2D eigenvalue weighted by Gasteiger charge is -2.44. The zero-order valence-electron chi connectivity index (χ0n) is 11.1. The fourth-order valence-electron chi connectivity index (χ4n) is 2.21. The molecular weight excluding hydrogens is 220 g/mol. The van der Waals surface area contributed by atoms with Crippen LogP contribution >= 0.6 is 0 Å². The van der Waals surface area contributed by atoms with Crippen LogP contribution in [0.5, 0.6) is 0 Å². The Hall–Kier alpha value is -1.10. The smallest absolute Gasteiger partial charge is 0.323 e. The topological polar surface area (TPSA) is 58.6 Å². The van der Waals surface area contributed by atoms with Gasteiger partial charge in [-0.2, -0.15) is 0 Å². The van der Waals surface area contributed by atoms with Gasteiger partial charge in [0, 0.05) is 13.1 Å². The molecule has 1 heterocycles. The summed E-state index contributed by atoms with van der Waals surface area (Å²) in [6.45, 7) is 9.03. The monoisotopic (exact) mass is 242 g/mol. The molecule has 5 nitrogen and oxygen atoms in total. The molecule has 0 aromatic heterocycles. The van der Waals surface area contributed by atoms with Gasteiger partial charge in [0.05, 0.1) is 12.1 Å². The number of amides is 1. The summed E-state index contributed by atoms with van der Waals surface area (Å²) in [4.78, 5) is 25.6. The standard InChI is InChI=1S/C12H22N2O3/c1-5-9(10(15)17-6-2)14-8-7-13-11(16)12(14,3)4/h9H,5-8H2,1-4H3,(H,13,16). The number of nitrogens with zero attached hydrogens (tertiary/aromatic N) is 1. The largest absolute Gasteiger partial charge is 0.465 e. The van der Waals surface area contributed by atoms with Crippen LogP contribution in [0.15, 0.2) is 0 Å². The number of hydrogen-bond acceptors (Lipinski definition) is 4. The number of hydrogen-bond donors (Lipinski definition) is 1. The number of carbonyl (C=O) groups excluding carboxylic acids is 2. The van der Waals surface area contributed by atoms with Crippen LogP contribution in [0.1, 0.15) is 34.1 Å². The zero-order chi connectivity index (χ0) is 13.1. The number of piperazine rings is 1. The van der Waals surface area contributed by atoms with Crippen molar-refractivity contribution in [3.05, 3.63) is 0 Å². The van der Waals surface area contributed by atoms with Gasteiger partial charge in [-0.05, 0) is 27.2 Å².